The molecular formula is C15H14O4S. The molecule has 0 unspecified atom stereocenters. The maximum atomic E-state index is 11.8. The molecule has 0 aliphatic heterocycles. The van der Waals surface area contributed by atoms with Gasteiger partial charge in [0.1, 0.15) is 0 Å². The molecule has 0 fully saturated rings. The van der Waals surface area contributed by atoms with Gasteiger partial charge in [-0.1, -0.05) is 30.3 Å². The van der Waals surface area contributed by atoms with E-state index < -0.39 is 15.8 Å². The lowest BCUT2D eigenvalue weighted by molar-refractivity contribution is 0.0696. The third-order valence-corrected chi connectivity index (χ3v) is 4.32. The molecule has 0 amide bonds. The smallest absolute Gasteiger partial charge is 0.336 e. The fourth-order valence-corrected chi connectivity index (χ4v) is 3.10. The topological polar surface area (TPSA) is 71.4 Å². The van der Waals surface area contributed by atoms with E-state index in [1.807, 2.05) is 30.3 Å². The van der Waals surface area contributed by atoms with Crippen molar-refractivity contribution in [3.8, 4) is 11.1 Å². The Hall–Kier alpha value is -2.14. The van der Waals surface area contributed by atoms with E-state index in [2.05, 4.69) is 0 Å². The Kier molecular flexibility index (Phi) is 3.63. The van der Waals surface area contributed by atoms with Crippen molar-refractivity contribution in [1.82, 2.24) is 0 Å². The van der Waals surface area contributed by atoms with E-state index in [0.29, 0.717) is 5.56 Å². The Balaban J connectivity index is 2.79. The van der Waals surface area contributed by atoms with Crippen LogP contribution < -0.4 is 0 Å². The lowest BCUT2D eigenvalue weighted by atomic mass is 10.00. The van der Waals surface area contributed by atoms with Gasteiger partial charge < -0.3 is 5.11 Å². The van der Waals surface area contributed by atoms with Crippen molar-refractivity contribution in [3.05, 3.63) is 53.6 Å². The van der Waals surface area contributed by atoms with Gasteiger partial charge in [0.25, 0.3) is 0 Å². The van der Waals surface area contributed by atoms with Crippen molar-refractivity contribution >= 4 is 15.8 Å². The van der Waals surface area contributed by atoms with Gasteiger partial charge in [-0.2, -0.15) is 0 Å². The Labute approximate surface area is 117 Å². The summed E-state index contributed by atoms with van der Waals surface area (Å²) in [5.41, 5.74) is 1.63. The van der Waals surface area contributed by atoms with Gasteiger partial charge in [0.05, 0.1) is 10.5 Å². The second-order valence-corrected chi connectivity index (χ2v) is 6.57. The van der Waals surface area contributed by atoms with Gasteiger partial charge in [0, 0.05) is 6.26 Å². The maximum Gasteiger partial charge on any atom is 0.336 e. The highest BCUT2D eigenvalue weighted by Gasteiger charge is 2.19. The Bertz CT molecular complexity index is 762. The Morgan fingerprint density at radius 1 is 1.05 bits per heavy atom. The molecule has 2 aromatic carbocycles. The van der Waals surface area contributed by atoms with Crippen LogP contribution in [0.25, 0.3) is 11.1 Å². The molecule has 0 saturated carbocycles. The highest BCUT2D eigenvalue weighted by atomic mass is 32.2. The summed E-state index contributed by atoms with van der Waals surface area (Å²) in [4.78, 5) is 11.3. The van der Waals surface area contributed by atoms with Crippen LogP contribution in [0.5, 0.6) is 0 Å². The zero-order valence-electron chi connectivity index (χ0n) is 11.1. The number of sulfone groups is 1. The van der Waals surface area contributed by atoms with E-state index >= 15 is 0 Å². The predicted octanol–water partition coefficient (Wildman–Crippen LogP) is 2.76. The van der Waals surface area contributed by atoms with Crippen LogP contribution >= 0.6 is 0 Å². The molecule has 0 aliphatic carbocycles. The molecule has 4 nitrogen and oxygen atoms in total. The van der Waals surface area contributed by atoms with E-state index in [9.17, 15) is 18.3 Å². The lowest BCUT2D eigenvalue weighted by Gasteiger charge is -2.11. The highest BCUT2D eigenvalue weighted by Crippen LogP contribution is 2.28. The summed E-state index contributed by atoms with van der Waals surface area (Å²) in [5.74, 6) is -1.13. The first-order valence-corrected chi connectivity index (χ1v) is 7.83. The van der Waals surface area contributed by atoms with Crippen LogP contribution in [0.1, 0.15) is 15.9 Å². The third kappa shape index (κ3) is 2.72. The highest BCUT2D eigenvalue weighted by molar-refractivity contribution is 7.90. The molecule has 0 bridgehead atoms. The minimum Gasteiger partial charge on any atom is -0.478 e. The molecule has 5 heteroatoms. The molecule has 2 aromatic rings. The number of carboxylic acids is 1. The summed E-state index contributed by atoms with van der Waals surface area (Å²) in [7, 11) is -3.48. The summed E-state index contributed by atoms with van der Waals surface area (Å²) < 4.78 is 23.6. The molecule has 0 spiro atoms. The van der Waals surface area contributed by atoms with Gasteiger partial charge in [-0.25, -0.2) is 13.2 Å². The zero-order chi connectivity index (χ0) is 14.9. The van der Waals surface area contributed by atoms with Crippen molar-refractivity contribution in [2.45, 2.75) is 11.8 Å². The molecule has 0 radical (unpaired) electrons. The fraction of sp³-hybridized carbons (Fsp3) is 0.133. The first kappa shape index (κ1) is 14.3. The number of carbonyl (C=O) groups is 1. The van der Waals surface area contributed by atoms with Gasteiger partial charge >= 0.3 is 5.97 Å². The van der Waals surface area contributed by atoms with Gasteiger partial charge in [0.15, 0.2) is 9.84 Å². The number of hydrogen-bond donors (Lipinski definition) is 1. The summed E-state index contributed by atoms with van der Waals surface area (Å²) in [6.07, 6.45) is 1.08. The van der Waals surface area contributed by atoms with Crippen LogP contribution in [0.4, 0.5) is 0 Å². The van der Waals surface area contributed by atoms with E-state index in [0.717, 1.165) is 11.8 Å². The predicted molar refractivity (Wildman–Crippen MR) is 76.7 cm³/mol. The molecular weight excluding hydrogens is 276 g/mol. The third-order valence-electron chi connectivity index (χ3n) is 3.10. The SMILES string of the molecule is Cc1c(C(=O)O)cc(-c2ccccc2)cc1S(C)(=O)=O. The summed E-state index contributed by atoms with van der Waals surface area (Å²) in [6.45, 7) is 1.51. The van der Waals surface area contributed by atoms with Crippen molar-refractivity contribution in [2.24, 2.45) is 0 Å². The van der Waals surface area contributed by atoms with Gasteiger partial charge in [0.2, 0.25) is 0 Å². The van der Waals surface area contributed by atoms with E-state index in [-0.39, 0.29) is 16.0 Å². The average molecular weight is 290 g/mol. The molecule has 1 N–H and O–H groups in total. The number of aromatic carboxylic acids is 1. The lowest BCUT2D eigenvalue weighted by Crippen LogP contribution is -2.07. The van der Waals surface area contributed by atoms with Crippen molar-refractivity contribution in [3.63, 3.8) is 0 Å². The summed E-state index contributed by atoms with van der Waals surface area (Å²) in [6, 6.07) is 12.1. The Morgan fingerprint density at radius 3 is 2.15 bits per heavy atom. The van der Waals surface area contributed by atoms with Crippen molar-refractivity contribution in [1.29, 1.82) is 0 Å². The summed E-state index contributed by atoms with van der Waals surface area (Å²) >= 11 is 0. The molecule has 0 atom stereocenters. The van der Waals surface area contributed by atoms with Gasteiger partial charge in [-0.05, 0) is 35.7 Å². The van der Waals surface area contributed by atoms with Crippen LogP contribution in [-0.2, 0) is 9.84 Å². The number of benzene rings is 2. The Morgan fingerprint density at radius 2 is 1.65 bits per heavy atom. The van der Waals surface area contributed by atoms with E-state index in [4.69, 9.17) is 0 Å². The van der Waals surface area contributed by atoms with Crippen LogP contribution in [0.3, 0.4) is 0 Å². The van der Waals surface area contributed by atoms with Crippen LogP contribution in [0.15, 0.2) is 47.4 Å². The summed E-state index contributed by atoms with van der Waals surface area (Å²) in [5, 5.41) is 9.23. The second kappa shape index (κ2) is 5.09. The largest absolute Gasteiger partial charge is 0.478 e. The molecule has 0 aromatic heterocycles. The molecule has 104 valence electrons. The van der Waals surface area contributed by atoms with Crippen molar-refractivity contribution in [2.75, 3.05) is 6.26 Å². The first-order valence-electron chi connectivity index (χ1n) is 5.94. The molecule has 0 saturated heterocycles. The molecule has 2 rings (SSSR count). The zero-order valence-corrected chi connectivity index (χ0v) is 11.9. The van der Waals surface area contributed by atoms with Gasteiger partial charge in [-0.15, -0.1) is 0 Å². The monoisotopic (exact) mass is 290 g/mol. The van der Waals surface area contributed by atoms with E-state index in [1.54, 1.807) is 0 Å². The average Bonchev–Trinajstić information content (AvgIpc) is 2.38. The van der Waals surface area contributed by atoms with Crippen LogP contribution in [-0.4, -0.2) is 25.7 Å². The quantitative estimate of drug-likeness (QED) is 0.943. The van der Waals surface area contributed by atoms with Crippen LogP contribution in [0, 0.1) is 6.92 Å². The maximum absolute atomic E-state index is 11.8. The van der Waals surface area contributed by atoms with E-state index in [1.165, 1.54) is 19.1 Å². The standard InChI is InChI=1S/C15H14O4S/c1-10-13(15(16)17)8-12(9-14(10)20(2,18)19)11-6-4-3-5-7-11/h3-9H,1-2H3,(H,16,17). The van der Waals surface area contributed by atoms with Crippen LogP contribution in [0.2, 0.25) is 0 Å². The fourth-order valence-electron chi connectivity index (χ4n) is 2.09. The normalized spacial score (nSPS) is 11.3. The van der Waals surface area contributed by atoms with Gasteiger partial charge in [-0.3, -0.25) is 0 Å². The number of carboxylic acid groups (broad SMARTS) is 1. The first-order chi connectivity index (χ1) is 9.30. The second-order valence-electron chi connectivity index (χ2n) is 4.59. The number of rotatable bonds is 3. The minimum absolute atomic E-state index is 0.00628. The molecule has 0 aliphatic rings. The minimum atomic E-state index is -3.48. The molecule has 20 heavy (non-hydrogen) atoms. The molecule has 0 heterocycles. The van der Waals surface area contributed by atoms with Crippen molar-refractivity contribution < 1.29 is 18.3 Å². The number of hydrogen-bond acceptors (Lipinski definition) is 3.